The van der Waals surface area contributed by atoms with Crippen LogP contribution in [-0.4, -0.2) is 213 Å². The Balaban J connectivity index is 0.000000300. The molecule has 0 spiro atoms. The second-order valence-electron chi connectivity index (χ2n) is 34.0. The summed E-state index contributed by atoms with van der Waals surface area (Å²) in [5.74, 6) is 1.95. The van der Waals surface area contributed by atoms with E-state index in [1.165, 1.54) is 33.3 Å². The Bertz CT molecular complexity index is 7350. The number of rotatable bonds is 22. The molecule has 0 bridgehead atoms. The van der Waals surface area contributed by atoms with Crippen molar-refractivity contribution in [3.05, 3.63) is 337 Å². The van der Waals surface area contributed by atoms with E-state index in [2.05, 4.69) is 61.5 Å². The van der Waals surface area contributed by atoms with E-state index in [0.29, 0.717) is 117 Å². The molecular formula is C113H130N18O19. The zero-order chi connectivity index (χ0) is 110. The average Bonchev–Trinajstić information content (AvgIpc) is 0.794. The number of benzene rings is 9. The summed E-state index contributed by atoms with van der Waals surface area (Å²) in [5, 5.41) is 76.9. The number of carboxylic acid groups (broad SMARTS) is 3. The fourth-order valence-electron chi connectivity index (χ4n) is 14.5. The van der Waals surface area contributed by atoms with Crippen LogP contribution < -0.4 is 61.9 Å². The molecule has 37 nitrogen and oxygen atoms in total. The number of aliphatic hydroxyl groups excluding tert-OH is 1. The number of nitrogen functional groups attached to an aromatic ring is 2. The Morgan fingerprint density at radius 1 is 0.533 bits per heavy atom. The molecule has 150 heavy (non-hydrogen) atoms. The predicted molar refractivity (Wildman–Crippen MR) is 580 cm³/mol. The first-order chi connectivity index (χ1) is 71.1. The van der Waals surface area contributed by atoms with Gasteiger partial charge in [-0.25, -0.2) is 43.8 Å². The number of ether oxygens (including phenoxy) is 9. The lowest BCUT2D eigenvalue weighted by Gasteiger charge is -2.35. The van der Waals surface area contributed by atoms with E-state index in [0.717, 1.165) is 107 Å². The van der Waals surface area contributed by atoms with Gasteiger partial charge in [-0.1, -0.05) is 43.8 Å². The quantitative estimate of drug-likeness (QED) is 0.0171. The van der Waals surface area contributed by atoms with E-state index in [1.807, 2.05) is 160 Å². The first kappa shape index (κ1) is 122. The number of aromatic carboxylic acids is 2. The zero-order valence-electron chi connectivity index (χ0n) is 86.9. The fourth-order valence-corrected chi connectivity index (χ4v) is 14.5. The van der Waals surface area contributed by atoms with Gasteiger partial charge in [-0.15, -0.1) is 0 Å². The predicted octanol–water partition coefficient (Wildman–Crippen LogP) is 17.9. The smallest absolute Gasteiger partial charge is 0.337 e. The largest absolute Gasteiger partial charge is 0.497 e. The summed E-state index contributed by atoms with van der Waals surface area (Å²) in [5.41, 5.74) is 27.7. The van der Waals surface area contributed by atoms with Gasteiger partial charge in [0.05, 0.1) is 140 Å². The van der Waals surface area contributed by atoms with Crippen molar-refractivity contribution < 1.29 is 91.8 Å². The van der Waals surface area contributed by atoms with Gasteiger partial charge in [-0.2, -0.15) is 10.5 Å². The number of aromatic nitrogens is 5. The van der Waals surface area contributed by atoms with E-state index < -0.39 is 29.8 Å². The monoisotopic (exact) mass is 2040 g/mol. The van der Waals surface area contributed by atoms with Crippen molar-refractivity contribution in [1.29, 1.82) is 21.3 Å². The van der Waals surface area contributed by atoms with Crippen LogP contribution in [0.1, 0.15) is 133 Å². The molecule has 1 aliphatic carbocycles. The van der Waals surface area contributed by atoms with E-state index in [1.54, 1.807) is 187 Å². The molecule has 1 amide bonds. The number of methoxy groups -OCH3 is 8. The number of anilines is 3. The van der Waals surface area contributed by atoms with Crippen molar-refractivity contribution in [3.63, 3.8) is 0 Å². The summed E-state index contributed by atoms with van der Waals surface area (Å²) in [6.45, 7) is 24.5. The van der Waals surface area contributed by atoms with Crippen molar-refractivity contribution >= 4 is 114 Å². The summed E-state index contributed by atoms with van der Waals surface area (Å²) < 4.78 is 50.2. The molecule has 15 rings (SSSR count). The number of nitrogens with zero attached hydrogens (tertiary/aromatic N) is 12. The molecule has 1 unspecified atom stereocenters. The zero-order valence-corrected chi connectivity index (χ0v) is 86.9. The molecule has 5 aromatic heterocycles. The molecule has 0 aliphatic heterocycles. The molecule has 0 radical (unpaired) electrons. The van der Waals surface area contributed by atoms with E-state index in [4.69, 9.17) is 110 Å². The number of aliphatic hydroxyl groups is 1. The molecule has 13 N–H and O–H groups in total. The molecule has 1 aliphatic rings. The first-order valence-electron chi connectivity index (χ1n) is 45.8. The Kier molecular flexibility index (Phi) is 49.4. The van der Waals surface area contributed by atoms with Crippen LogP contribution in [0.5, 0.6) is 34.5 Å². The number of aryl methyl sites for hydroxylation is 1. The summed E-state index contributed by atoms with van der Waals surface area (Å²) in [7, 11) is 25.2. The van der Waals surface area contributed by atoms with Gasteiger partial charge in [0.2, 0.25) is 5.91 Å². The number of nitriles is 2. The Labute approximate surface area is 872 Å². The van der Waals surface area contributed by atoms with Gasteiger partial charge in [0.25, 0.3) is 0 Å². The fraction of sp³-hybridized carbons (Fsp3) is 0.265. The van der Waals surface area contributed by atoms with Crippen LogP contribution in [0, 0.1) is 59.5 Å². The minimum atomic E-state index is -0.979. The van der Waals surface area contributed by atoms with Crippen LogP contribution >= 0.6 is 0 Å². The highest BCUT2D eigenvalue weighted by atomic mass is 16.5. The average molecular weight is 2040 g/mol. The lowest BCUT2D eigenvalue weighted by molar-refractivity contribution is -0.179. The molecule has 37 heteroatoms. The van der Waals surface area contributed by atoms with E-state index in [-0.39, 0.29) is 42.3 Å². The number of fused-ring (bicyclic) bond motifs is 5. The van der Waals surface area contributed by atoms with Crippen molar-refractivity contribution in [3.8, 4) is 46.6 Å². The number of amides is 1. The Morgan fingerprint density at radius 3 is 1.35 bits per heavy atom. The van der Waals surface area contributed by atoms with Crippen LogP contribution in [0.4, 0.5) is 28.8 Å². The summed E-state index contributed by atoms with van der Waals surface area (Å²) in [6, 6.07) is 59.8. The number of hydrogen-bond donors (Lipinski definition) is 10. The van der Waals surface area contributed by atoms with Crippen LogP contribution in [0.2, 0.25) is 0 Å². The minimum Gasteiger partial charge on any atom is -0.497 e. The van der Waals surface area contributed by atoms with Gasteiger partial charge in [-0.05, 0) is 271 Å². The highest BCUT2D eigenvalue weighted by Gasteiger charge is 2.27. The van der Waals surface area contributed by atoms with Gasteiger partial charge in [0.15, 0.2) is 17.7 Å². The van der Waals surface area contributed by atoms with Gasteiger partial charge < -0.3 is 99.6 Å². The minimum absolute atomic E-state index is 0. The number of carbonyl (C=O) groups excluding carboxylic acids is 3. The molecule has 14 aromatic rings. The third kappa shape index (κ3) is 36.3. The number of aliphatic carboxylic acids is 1. The summed E-state index contributed by atoms with van der Waals surface area (Å²) >= 11 is 0. The SMILES string of the molecule is C.CN(C)C(OC(C)(C)C)N(C)C.CO.COC(=O)c1ccc2c(=N)n(Cc3ccc(OC)cc3OC)ccc2c1.COC(=O)c1ccc2c(NC(C)=O)nccc2c1.COc1ccc(CN)c(OC)c1.COc1ccc(Cn2ccc3cc(C(=O)O)ccc3c2=N)c(OC)c1.Nc1nccc2c1CCC(C(=O)O)C2.Nc1nccc2cc(C(=O)O)ccc12.[C-]#[N+]c1ccc(C#N)c(/C=C/N(C)C)c1.[C-]#[N+]c1ccc(C#N)c(C)c1. The summed E-state index contributed by atoms with van der Waals surface area (Å²) in [4.78, 5) is 91.3. The lowest BCUT2D eigenvalue weighted by Crippen LogP contribution is -2.46. The van der Waals surface area contributed by atoms with Crippen molar-refractivity contribution in [2.24, 2.45) is 11.7 Å². The Hall–Kier alpha value is -18.1. The molecule has 9 aromatic carbocycles. The van der Waals surface area contributed by atoms with Crippen LogP contribution in [0.15, 0.2) is 231 Å². The maximum atomic E-state index is 11.7. The second kappa shape index (κ2) is 60.6. The molecule has 5 heterocycles. The van der Waals surface area contributed by atoms with Crippen LogP contribution in [0.25, 0.3) is 58.9 Å². The van der Waals surface area contributed by atoms with Gasteiger partial charge in [-0.3, -0.25) is 30.2 Å². The topological polar surface area (TPSA) is 519 Å². The van der Waals surface area contributed by atoms with Gasteiger partial charge in [0, 0.05) is 122 Å². The second-order valence-corrected chi connectivity index (χ2v) is 34.0. The van der Waals surface area contributed by atoms with E-state index >= 15 is 0 Å². The number of esters is 2. The lowest BCUT2D eigenvalue weighted by atomic mass is 9.84. The van der Waals surface area contributed by atoms with Crippen molar-refractivity contribution in [1.82, 2.24) is 38.8 Å². The molecule has 0 saturated heterocycles. The van der Waals surface area contributed by atoms with Crippen LogP contribution in [0.3, 0.4) is 0 Å². The molecule has 0 fully saturated rings. The number of hydrogen-bond acceptors (Lipinski definition) is 29. The van der Waals surface area contributed by atoms with Crippen LogP contribution in [-0.2, 0) is 56.3 Å². The highest BCUT2D eigenvalue weighted by molar-refractivity contribution is 6.03. The highest BCUT2D eigenvalue weighted by Crippen LogP contribution is 2.33. The third-order valence-electron chi connectivity index (χ3n) is 22.0. The van der Waals surface area contributed by atoms with E-state index in [9.17, 15) is 28.8 Å². The number of carbonyl (C=O) groups is 6. The molecule has 0 saturated carbocycles. The standard InChI is InChI=1S/C20H20N2O4.C19H18N2O4.C13H12N2O3.C12H11N3.C10H12N2O2.C10H8N2O2.C9H22N2O.C9H6N2.C9H13NO2.CH4O.CH4/c1-24-16-6-4-15(18(11-16)25-2)12-22-9-8-13-10-14(20(23)26-3)5-7-17(13)19(22)21;1-24-15-5-3-14(17(10-15)25-2)11-21-8-7-12-9-13(19(22)23)4-6-16(12)18(21)20;1-8(16)15-12-11-4-3-10(13(17)18-2)7-9(11)5-6-14-12;1-14-12-5-4-11(9-13)10(8-12)6-7-15(2)3;2*11-9-8-2-1-7(10(13)14)5-6(8)3-4-12-9;1-9(2,3)12-8(10(4)5)11(6)7;1-7-5-9(11-2)4-3-8(7)6-10;1-11-8-4-3-7(6-10)9(5-8)12-2;1-2;/h4-11,21H,12H2,1-3H3;3-10,20H,11H2,1-2H3,(H,22,23);3-7H,1-2H3,(H,14,15,16);4-8H,2-3H3;3-4,7H,1-2,5H2,(H2,11,12)(H,13,14);1-5H,(H2,11,12)(H,13,14);8H,1-7H3;3-5H,1H3;3-5H,6,10H2,1-2H3;2H,1H3;1H4/b;;;7-6+;;;;;;;. The summed E-state index contributed by atoms with van der Waals surface area (Å²) in [6.07, 6.45) is 14.1. The van der Waals surface area contributed by atoms with Crippen molar-refractivity contribution in [2.45, 2.75) is 92.9 Å². The number of nitrogens with two attached hydrogens (primary N) is 3. The molecule has 786 valence electrons. The first-order valence-corrected chi connectivity index (χ1v) is 45.8. The maximum absolute atomic E-state index is 11.7. The maximum Gasteiger partial charge on any atom is 0.337 e. The number of carboxylic acids is 3. The normalized spacial score (nSPS) is 11.1. The number of pyridine rings is 5. The number of nitrogens with one attached hydrogen (secondary N) is 3. The van der Waals surface area contributed by atoms with Gasteiger partial charge >= 0.3 is 29.8 Å². The molecular weight excluding hydrogens is 1910 g/mol. The third-order valence-corrected chi connectivity index (χ3v) is 22.0. The molecule has 1 atom stereocenters. The van der Waals surface area contributed by atoms with Gasteiger partial charge in [0.1, 0.15) is 62.9 Å². The van der Waals surface area contributed by atoms with Crippen molar-refractivity contribution in [2.75, 3.05) is 123 Å². The Morgan fingerprint density at radius 2 is 0.947 bits per heavy atom.